The van der Waals surface area contributed by atoms with Crippen LogP contribution >= 0.6 is 11.6 Å². The van der Waals surface area contributed by atoms with Gasteiger partial charge in [0.25, 0.3) is 0 Å². The van der Waals surface area contributed by atoms with Gasteiger partial charge in [0.1, 0.15) is 5.82 Å². The number of hydrogen-bond donors (Lipinski definition) is 1. The fourth-order valence-corrected chi connectivity index (χ4v) is 1.83. The lowest BCUT2D eigenvalue weighted by Crippen LogP contribution is -2.21. The van der Waals surface area contributed by atoms with Gasteiger partial charge in [0.05, 0.1) is 23.5 Å². The Morgan fingerprint density at radius 2 is 2.21 bits per heavy atom. The summed E-state index contributed by atoms with van der Waals surface area (Å²) in [6.45, 7) is 5.35. The molecule has 0 spiro atoms. The Bertz CT molecular complexity index is 553. The van der Waals surface area contributed by atoms with Crippen LogP contribution in [-0.4, -0.2) is 21.0 Å². The molecule has 0 amide bonds. The van der Waals surface area contributed by atoms with Crippen molar-refractivity contribution >= 4 is 11.6 Å². The average molecular weight is 283 g/mol. The second kappa shape index (κ2) is 6.12. The maximum absolute atomic E-state index is 13.0. The molecule has 0 atom stereocenters. The van der Waals surface area contributed by atoms with Crippen molar-refractivity contribution in [3.63, 3.8) is 0 Å². The molecule has 1 N–H and O–H groups in total. The SMILES string of the molecule is CC(C)NCc1cn(Cc2ccc(F)c(Cl)c2)nn1. The summed E-state index contributed by atoms with van der Waals surface area (Å²) in [6.07, 6.45) is 1.87. The van der Waals surface area contributed by atoms with Crippen molar-refractivity contribution in [3.8, 4) is 0 Å². The normalized spacial score (nSPS) is 11.2. The standard InChI is InChI=1S/C13H16ClFN4/c1-9(2)16-6-11-8-19(18-17-11)7-10-3-4-13(15)12(14)5-10/h3-5,8-9,16H,6-7H2,1-2H3. The molecule has 0 fully saturated rings. The lowest BCUT2D eigenvalue weighted by Gasteiger charge is -2.04. The number of benzene rings is 1. The molecule has 0 radical (unpaired) electrons. The fourth-order valence-electron chi connectivity index (χ4n) is 1.63. The highest BCUT2D eigenvalue weighted by Gasteiger charge is 2.05. The lowest BCUT2D eigenvalue weighted by molar-refractivity contribution is 0.580. The summed E-state index contributed by atoms with van der Waals surface area (Å²) in [5, 5.41) is 11.5. The molecule has 1 aromatic heterocycles. The first-order valence-electron chi connectivity index (χ1n) is 6.11. The molecular weight excluding hydrogens is 267 g/mol. The largest absolute Gasteiger partial charge is 0.309 e. The minimum absolute atomic E-state index is 0.124. The molecule has 1 aromatic carbocycles. The Balaban J connectivity index is 2.01. The Hall–Kier alpha value is -1.46. The maximum Gasteiger partial charge on any atom is 0.141 e. The highest BCUT2D eigenvalue weighted by Crippen LogP contribution is 2.16. The van der Waals surface area contributed by atoms with Crippen molar-refractivity contribution in [2.75, 3.05) is 0 Å². The summed E-state index contributed by atoms with van der Waals surface area (Å²) < 4.78 is 14.8. The van der Waals surface area contributed by atoms with Crippen LogP contribution < -0.4 is 5.32 Å². The predicted octanol–water partition coefficient (Wildman–Crippen LogP) is 2.62. The van der Waals surface area contributed by atoms with Gasteiger partial charge in [0, 0.05) is 12.6 Å². The summed E-state index contributed by atoms with van der Waals surface area (Å²) in [5.41, 5.74) is 1.77. The molecule has 6 heteroatoms. The van der Waals surface area contributed by atoms with Gasteiger partial charge in [0.2, 0.25) is 0 Å². The van der Waals surface area contributed by atoms with Crippen molar-refractivity contribution in [2.24, 2.45) is 0 Å². The molecule has 0 bridgehead atoms. The van der Waals surface area contributed by atoms with Gasteiger partial charge in [-0.15, -0.1) is 5.10 Å². The first-order valence-corrected chi connectivity index (χ1v) is 6.48. The smallest absolute Gasteiger partial charge is 0.141 e. The van der Waals surface area contributed by atoms with Crippen LogP contribution in [0.15, 0.2) is 24.4 Å². The van der Waals surface area contributed by atoms with Gasteiger partial charge in [-0.25, -0.2) is 9.07 Å². The van der Waals surface area contributed by atoms with Gasteiger partial charge >= 0.3 is 0 Å². The highest BCUT2D eigenvalue weighted by atomic mass is 35.5. The van der Waals surface area contributed by atoms with Crippen molar-refractivity contribution in [3.05, 3.63) is 46.5 Å². The minimum atomic E-state index is -0.411. The molecule has 2 rings (SSSR count). The Morgan fingerprint density at radius 3 is 2.89 bits per heavy atom. The zero-order valence-corrected chi connectivity index (χ0v) is 11.7. The van der Waals surface area contributed by atoms with E-state index in [0.717, 1.165) is 11.3 Å². The quantitative estimate of drug-likeness (QED) is 0.917. The number of halogens is 2. The molecule has 0 saturated carbocycles. The Labute approximate surface area is 116 Å². The lowest BCUT2D eigenvalue weighted by atomic mass is 10.2. The molecule has 0 aliphatic carbocycles. The molecule has 1 heterocycles. The van der Waals surface area contributed by atoms with E-state index in [1.165, 1.54) is 6.07 Å². The van der Waals surface area contributed by atoms with Gasteiger partial charge < -0.3 is 5.32 Å². The van der Waals surface area contributed by atoms with Crippen LogP contribution in [-0.2, 0) is 13.1 Å². The summed E-state index contributed by atoms with van der Waals surface area (Å²) in [5.74, 6) is -0.411. The zero-order chi connectivity index (χ0) is 13.8. The van der Waals surface area contributed by atoms with Crippen LogP contribution in [0.3, 0.4) is 0 Å². The molecule has 4 nitrogen and oxygen atoms in total. The van der Waals surface area contributed by atoms with Crippen molar-refractivity contribution in [2.45, 2.75) is 33.0 Å². The van der Waals surface area contributed by atoms with E-state index in [4.69, 9.17) is 11.6 Å². The van der Waals surface area contributed by atoms with E-state index in [9.17, 15) is 4.39 Å². The number of rotatable bonds is 5. The summed E-state index contributed by atoms with van der Waals surface area (Å²) in [6, 6.07) is 5.05. The summed E-state index contributed by atoms with van der Waals surface area (Å²) in [7, 11) is 0. The van der Waals surface area contributed by atoms with E-state index >= 15 is 0 Å². The molecule has 0 unspecified atom stereocenters. The van der Waals surface area contributed by atoms with Gasteiger partial charge in [-0.3, -0.25) is 0 Å². The van der Waals surface area contributed by atoms with Crippen LogP contribution in [0.25, 0.3) is 0 Å². The molecule has 2 aromatic rings. The number of hydrogen-bond acceptors (Lipinski definition) is 3. The van der Waals surface area contributed by atoms with Crippen molar-refractivity contribution in [1.82, 2.24) is 20.3 Å². The average Bonchev–Trinajstić information content (AvgIpc) is 2.79. The first-order chi connectivity index (χ1) is 9.04. The molecule has 102 valence electrons. The molecule has 0 aliphatic heterocycles. The Kier molecular flexibility index (Phi) is 4.50. The molecule has 0 aliphatic rings. The van der Waals surface area contributed by atoms with E-state index in [0.29, 0.717) is 19.1 Å². The Morgan fingerprint density at radius 1 is 1.42 bits per heavy atom. The molecule has 19 heavy (non-hydrogen) atoms. The monoisotopic (exact) mass is 282 g/mol. The van der Waals surface area contributed by atoms with Crippen LogP contribution in [0.5, 0.6) is 0 Å². The number of aromatic nitrogens is 3. The third kappa shape index (κ3) is 4.01. The number of nitrogens with zero attached hydrogens (tertiary/aromatic N) is 3. The summed E-state index contributed by atoms with van der Waals surface area (Å²) in [4.78, 5) is 0. The molecular formula is C13H16ClFN4. The number of nitrogens with one attached hydrogen (secondary N) is 1. The minimum Gasteiger partial charge on any atom is -0.309 e. The van der Waals surface area contributed by atoms with E-state index in [2.05, 4.69) is 29.5 Å². The van der Waals surface area contributed by atoms with Gasteiger partial charge in [-0.2, -0.15) is 0 Å². The van der Waals surface area contributed by atoms with E-state index < -0.39 is 5.82 Å². The zero-order valence-electron chi connectivity index (χ0n) is 10.9. The predicted molar refractivity (Wildman–Crippen MR) is 72.5 cm³/mol. The van der Waals surface area contributed by atoms with E-state index in [1.807, 2.05) is 6.20 Å². The van der Waals surface area contributed by atoms with Crippen molar-refractivity contribution < 1.29 is 4.39 Å². The van der Waals surface area contributed by atoms with Gasteiger partial charge in [-0.1, -0.05) is 36.7 Å². The van der Waals surface area contributed by atoms with Gasteiger partial charge in [0.15, 0.2) is 0 Å². The second-order valence-electron chi connectivity index (χ2n) is 4.69. The van der Waals surface area contributed by atoms with E-state index in [1.54, 1.807) is 16.8 Å². The third-order valence-corrected chi connectivity index (χ3v) is 2.90. The molecule has 0 saturated heterocycles. The summed E-state index contributed by atoms with van der Waals surface area (Å²) >= 11 is 5.74. The van der Waals surface area contributed by atoms with E-state index in [-0.39, 0.29) is 5.02 Å². The van der Waals surface area contributed by atoms with Crippen molar-refractivity contribution in [1.29, 1.82) is 0 Å². The highest BCUT2D eigenvalue weighted by molar-refractivity contribution is 6.30. The third-order valence-electron chi connectivity index (χ3n) is 2.61. The van der Waals surface area contributed by atoms with Crippen LogP contribution in [0, 0.1) is 5.82 Å². The fraction of sp³-hybridized carbons (Fsp3) is 0.385. The van der Waals surface area contributed by atoms with Crippen LogP contribution in [0.2, 0.25) is 5.02 Å². The van der Waals surface area contributed by atoms with Gasteiger partial charge in [-0.05, 0) is 17.7 Å². The van der Waals surface area contributed by atoms with Crippen LogP contribution in [0.4, 0.5) is 4.39 Å². The maximum atomic E-state index is 13.0. The second-order valence-corrected chi connectivity index (χ2v) is 5.10. The topological polar surface area (TPSA) is 42.7 Å². The van der Waals surface area contributed by atoms with Crippen LogP contribution in [0.1, 0.15) is 25.1 Å². The first kappa shape index (κ1) is 14.0.